The van der Waals surface area contributed by atoms with Crippen LogP contribution in [0.5, 0.6) is 0 Å². The zero-order chi connectivity index (χ0) is 22.2. The third-order valence-corrected chi connectivity index (χ3v) is 8.72. The predicted octanol–water partition coefficient (Wildman–Crippen LogP) is 5.55. The van der Waals surface area contributed by atoms with E-state index in [4.69, 9.17) is 0 Å². The van der Waals surface area contributed by atoms with E-state index in [0.29, 0.717) is 29.3 Å². The fourth-order valence-corrected chi connectivity index (χ4v) is 6.06. The lowest BCUT2D eigenvalue weighted by atomic mass is 9.69. The van der Waals surface area contributed by atoms with Crippen molar-refractivity contribution < 1.29 is 14.7 Å². The Morgan fingerprint density at radius 3 is 2.40 bits per heavy atom. The summed E-state index contributed by atoms with van der Waals surface area (Å²) in [6.07, 6.45) is 4.82. The maximum Gasteiger partial charge on any atom is 0.307 e. The Morgan fingerprint density at radius 1 is 1.20 bits per heavy atom. The number of aliphatic carboxylic acids is 1. The molecule has 3 atom stereocenters. The van der Waals surface area contributed by atoms with Crippen molar-refractivity contribution in [2.24, 2.45) is 23.2 Å². The standard InChI is InChI=1S/C24H32N2O3S/c1-6-24(4,5)15-7-8-16-19(12-25)22(30-20(16)11-15)26-21(27)17-9-13(2)14(3)10-18(17)23(28)29/h15,17-18H,6-11H2,1-5H3,(H,26,27)(H,28,29)/t15-,17+,18-/m1/s1. The number of fused-ring (bicyclic) bond motifs is 1. The number of amides is 1. The largest absolute Gasteiger partial charge is 0.481 e. The quantitative estimate of drug-likeness (QED) is 0.602. The second-order valence-corrected chi connectivity index (χ2v) is 10.7. The first-order valence-electron chi connectivity index (χ1n) is 10.8. The minimum absolute atomic E-state index is 0.246. The summed E-state index contributed by atoms with van der Waals surface area (Å²) in [4.78, 5) is 26.0. The average Bonchev–Trinajstić information content (AvgIpc) is 3.05. The smallest absolute Gasteiger partial charge is 0.307 e. The third kappa shape index (κ3) is 4.18. The average molecular weight is 429 g/mol. The number of rotatable bonds is 5. The molecule has 0 fully saturated rings. The van der Waals surface area contributed by atoms with E-state index in [1.807, 2.05) is 13.8 Å². The molecule has 3 rings (SSSR count). The molecule has 0 radical (unpaired) electrons. The van der Waals surface area contributed by atoms with Gasteiger partial charge in [-0.25, -0.2) is 0 Å². The maximum absolute atomic E-state index is 13.1. The van der Waals surface area contributed by atoms with Gasteiger partial charge in [-0.15, -0.1) is 11.3 Å². The number of thiophene rings is 1. The first-order chi connectivity index (χ1) is 14.1. The van der Waals surface area contributed by atoms with Crippen molar-refractivity contribution in [3.05, 3.63) is 27.2 Å². The molecule has 0 spiro atoms. The molecule has 1 heterocycles. The van der Waals surface area contributed by atoms with Crippen molar-refractivity contribution >= 4 is 28.2 Å². The van der Waals surface area contributed by atoms with Crippen LogP contribution in [0.15, 0.2) is 11.1 Å². The van der Waals surface area contributed by atoms with Gasteiger partial charge in [-0.3, -0.25) is 9.59 Å². The Hall–Kier alpha value is -2.13. The van der Waals surface area contributed by atoms with Crippen LogP contribution in [0.4, 0.5) is 5.00 Å². The van der Waals surface area contributed by atoms with Crippen molar-refractivity contribution in [2.75, 3.05) is 5.32 Å². The molecule has 162 valence electrons. The van der Waals surface area contributed by atoms with E-state index in [2.05, 4.69) is 32.2 Å². The van der Waals surface area contributed by atoms with Crippen molar-refractivity contribution in [2.45, 2.75) is 73.1 Å². The highest BCUT2D eigenvalue weighted by atomic mass is 32.1. The van der Waals surface area contributed by atoms with E-state index in [0.717, 1.165) is 42.4 Å². The van der Waals surface area contributed by atoms with Gasteiger partial charge < -0.3 is 10.4 Å². The number of carbonyl (C=O) groups excluding carboxylic acids is 1. The van der Waals surface area contributed by atoms with Gasteiger partial charge in [0.25, 0.3) is 0 Å². The van der Waals surface area contributed by atoms with Gasteiger partial charge in [0.15, 0.2) is 0 Å². The first-order valence-corrected chi connectivity index (χ1v) is 11.6. The van der Waals surface area contributed by atoms with Crippen molar-refractivity contribution in [1.82, 2.24) is 0 Å². The fourth-order valence-electron chi connectivity index (χ4n) is 4.78. The molecular formula is C24H32N2O3S. The van der Waals surface area contributed by atoms with Gasteiger partial charge in [-0.05, 0) is 62.8 Å². The van der Waals surface area contributed by atoms with Gasteiger partial charge in [0.1, 0.15) is 11.1 Å². The summed E-state index contributed by atoms with van der Waals surface area (Å²) in [6, 6.07) is 2.30. The topological polar surface area (TPSA) is 90.2 Å². The molecule has 2 aliphatic rings. The van der Waals surface area contributed by atoms with Crippen LogP contribution in [0.2, 0.25) is 0 Å². The molecule has 2 N–H and O–H groups in total. The molecule has 6 heteroatoms. The van der Waals surface area contributed by atoms with Crippen LogP contribution in [0.1, 0.15) is 76.3 Å². The lowest BCUT2D eigenvalue weighted by Crippen LogP contribution is -2.36. The SMILES string of the molecule is CCC(C)(C)[C@@H]1CCc2c(sc(NC(=O)[C@H]3CC(C)=C(C)C[C@H]3C(=O)O)c2C#N)C1. The molecule has 1 amide bonds. The number of nitrogens with zero attached hydrogens (tertiary/aromatic N) is 1. The Morgan fingerprint density at radius 2 is 1.83 bits per heavy atom. The van der Waals surface area contributed by atoms with E-state index >= 15 is 0 Å². The molecule has 0 bridgehead atoms. The highest BCUT2D eigenvalue weighted by molar-refractivity contribution is 7.16. The van der Waals surface area contributed by atoms with Crippen molar-refractivity contribution in [3.63, 3.8) is 0 Å². The zero-order valence-corrected chi connectivity index (χ0v) is 19.4. The van der Waals surface area contributed by atoms with E-state index in [-0.39, 0.29) is 11.3 Å². The summed E-state index contributed by atoms with van der Waals surface area (Å²) >= 11 is 1.51. The molecule has 0 saturated heterocycles. The summed E-state index contributed by atoms with van der Waals surface area (Å²) in [5.41, 5.74) is 4.04. The van der Waals surface area contributed by atoms with Crippen LogP contribution in [-0.2, 0) is 22.4 Å². The highest BCUT2D eigenvalue weighted by Crippen LogP contribution is 2.45. The van der Waals surface area contributed by atoms with Gasteiger partial charge >= 0.3 is 5.97 Å². The van der Waals surface area contributed by atoms with Crippen molar-refractivity contribution in [1.29, 1.82) is 5.26 Å². The predicted molar refractivity (Wildman–Crippen MR) is 119 cm³/mol. The van der Waals surface area contributed by atoms with E-state index in [9.17, 15) is 20.0 Å². The molecule has 0 aromatic carbocycles. The number of allylic oxidation sites excluding steroid dienone is 2. The molecule has 5 nitrogen and oxygen atoms in total. The summed E-state index contributed by atoms with van der Waals surface area (Å²) in [5.74, 6) is -1.98. The van der Waals surface area contributed by atoms with Crippen LogP contribution >= 0.6 is 11.3 Å². The summed E-state index contributed by atoms with van der Waals surface area (Å²) in [5, 5.41) is 23.0. The number of hydrogen-bond donors (Lipinski definition) is 2. The van der Waals surface area contributed by atoms with Crippen LogP contribution in [0, 0.1) is 34.5 Å². The number of carboxylic acids is 1. The fraction of sp³-hybridized carbons (Fsp3) is 0.625. The highest BCUT2D eigenvalue weighted by Gasteiger charge is 2.38. The number of carbonyl (C=O) groups is 2. The second-order valence-electron chi connectivity index (χ2n) is 9.61. The van der Waals surface area contributed by atoms with E-state index in [1.165, 1.54) is 16.2 Å². The Bertz CT molecular complexity index is 935. The number of anilines is 1. The number of hydrogen-bond acceptors (Lipinski definition) is 4. The van der Waals surface area contributed by atoms with E-state index < -0.39 is 17.8 Å². The lowest BCUT2D eigenvalue weighted by Gasteiger charge is -2.36. The molecule has 2 aliphatic carbocycles. The number of nitrogens with one attached hydrogen (secondary N) is 1. The normalized spacial score (nSPS) is 24.2. The lowest BCUT2D eigenvalue weighted by molar-refractivity contribution is -0.146. The number of nitriles is 1. The summed E-state index contributed by atoms with van der Waals surface area (Å²) in [7, 11) is 0. The van der Waals surface area contributed by atoms with Gasteiger partial charge in [-0.2, -0.15) is 5.26 Å². The van der Waals surface area contributed by atoms with Crippen molar-refractivity contribution in [3.8, 4) is 6.07 Å². The Labute approximate surface area is 183 Å². The second kappa shape index (κ2) is 8.55. The zero-order valence-electron chi connectivity index (χ0n) is 18.6. The molecular weight excluding hydrogens is 396 g/mol. The molecule has 30 heavy (non-hydrogen) atoms. The van der Waals surface area contributed by atoms with Gasteiger partial charge in [-0.1, -0.05) is 38.3 Å². The molecule has 0 saturated carbocycles. The molecule has 0 unspecified atom stereocenters. The molecule has 1 aromatic heterocycles. The van der Waals surface area contributed by atoms with Gasteiger partial charge in [0, 0.05) is 4.88 Å². The Balaban J connectivity index is 1.85. The maximum atomic E-state index is 13.1. The minimum Gasteiger partial charge on any atom is -0.481 e. The van der Waals surface area contributed by atoms with Gasteiger partial charge in [0.2, 0.25) is 5.91 Å². The monoisotopic (exact) mass is 428 g/mol. The summed E-state index contributed by atoms with van der Waals surface area (Å²) < 4.78 is 0. The van der Waals surface area contributed by atoms with Crippen LogP contribution in [0.25, 0.3) is 0 Å². The molecule has 0 aliphatic heterocycles. The number of carboxylic acid groups (broad SMARTS) is 1. The van der Waals surface area contributed by atoms with Crippen LogP contribution < -0.4 is 5.32 Å². The molecule has 1 aromatic rings. The minimum atomic E-state index is -0.933. The third-order valence-electron chi connectivity index (χ3n) is 7.55. The summed E-state index contributed by atoms with van der Waals surface area (Å²) in [6.45, 7) is 10.7. The first kappa shape index (κ1) is 22.6. The van der Waals surface area contributed by atoms with Crippen LogP contribution in [-0.4, -0.2) is 17.0 Å². The van der Waals surface area contributed by atoms with Crippen LogP contribution in [0.3, 0.4) is 0 Å². The Kier molecular flexibility index (Phi) is 6.43. The van der Waals surface area contributed by atoms with E-state index in [1.54, 1.807) is 0 Å². The van der Waals surface area contributed by atoms with Gasteiger partial charge in [0.05, 0.1) is 17.4 Å².